The second kappa shape index (κ2) is 4.69. The molecule has 4 aromatic heterocycles. The molecule has 0 spiro atoms. The first-order valence-electron chi connectivity index (χ1n) is 8.34. The van der Waals surface area contributed by atoms with Crippen molar-refractivity contribution >= 4 is 45.9 Å². The first kappa shape index (κ1) is 14.0. The molecule has 5 aromatic rings. The number of para-hydroxylation sites is 2. The van der Waals surface area contributed by atoms with Crippen LogP contribution in [0.5, 0.6) is 0 Å². The summed E-state index contributed by atoms with van der Waals surface area (Å²) >= 11 is 0. The second-order valence-electron chi connectivity index (χ2n) is 6.43. The Hall–Kier alpha value is -3.23. The fourth-order valence-electron chi connectivity index (χ4n) is 4.18. The highest BCUT2D eigenvalue weighted by molar-refractivity contribution is 6.33. The lowest BCUT2D eigenvalue weighted by molar-refractivity contribution is -0.668. The van der Waals surface area contributed by atoms with Crippen molar-refractivity contribution in [2.45, 2.75) is 6.54 Å². The van der Waals surface area contributed by atoms with Crippen LogP contribution >= 0.6 is 0 Å². The fraction of sp³-hybridized carbons (Fsp3) is 0.0556. The van der Waals surface area contributed by atoms with Gasteiger partial charge >= 0.3 is 13.0 Å². The van der Waals surface area contributed by atoms with Crippen LogP contribution in [0.4, 0.5) is 0 Å². The van der Waals surface area contributed by atoms with Crippen LogP contribution in [-0.4, -0.2) is 27.1 Å². The lowest BCUT2D eigenvalue weighted by atomic mass is 10.1. The summed E-state index contributed by atoms with van der Waals surface area (Å²) in [5, 5.41) is 19.7. The van der Waals surface area contributed by atoms with E-state index in [0.717, 1.165) is 50.7 Å². The summed E-state index contributed by atoms with van der Waals surface area (Å²) in [6.45, 7) is 0.752. The zero-order valence-electron chi connectivity index (χ0n) is 13.6. The Bertz CT molecular complexity index is 1380. The highest BCUT2D eigenvalue weighted by atomic mass is 16.7. The Morgan fingerprint density at radius 1 is 1.04 bits per heavy atom. The number of rotatable bonds is 2. The second-order valence-corrected chi connectivity index (χ2v) is 6.43. The highest BCUT2D eigenvalue weighted by Crippen LogP contribution is 2.31. The standard InChI is InChI=1S/C18H13BN4O3/c24-19(25)26-22-9-7-11-10-21-12-4-1-2-5-13(12)23-14-6-3-8-20-16(14)17(22)15(11)18(21)23/h1-9,24-25H,10H2/q+2. The molecule has 0 radical (unpaired) electrons. The van der Waals surface area contributed by atoms with E-state index in [1.165, 1.54) is 4.73 Å². The van der Waals surface area contributed by atoms with E-state index in [4.69, 9.17) is 4.76 Å². The molecule has 7 nitrogen and oxygen atoms in total. The van der Waals surface area contributed by atoms with Crippen LogP contribution in [-0.2, 0) is 6.54 Å². The largest absolute Gasteiger partial charge is 0.728 e. The van der Waals surface area contributed by atoms with Gasteiger partial charge in [0.2, 0.25) is 5.52 Å². The zero-order chi connectivity index (χ0) is 17.4. The molecule has 2 N–H and O–H groups in total. The van der Waals surface area contributed by atoms with Crippen molar-refractivity contribution in [3.63, 3.8) is 0 Å². The maximum Gasteiger partial charge on any atom is 0.728 e. The predicted octanol–water partition coefficient (Wildman–Crippen LogP) is 0.129. The highest BCUT2D eigenvalue weighted by Gasteiger charge is 2.41. The summed E-state index contributed by atoms with van der Waals surface area (Å²) in [6.07, 6.45) is 3.44. The van der Waals surface area contributed by atoms with Gasteiger partial charge in [0, 0.05) is 36.2 Å². The first-order valence-corrected chi connectivity index (χ1v) is 8.34. The lowest BCUT2D eigenvalue weighted by Crippen LogP contribution is -2.34. The number of fused-ring (bicyclic) bond motifs is 6. The molecule has 0 unspecified atom stereocenters. The SMILES string of the molecule is OB(O)On1ccc2c3c1c1ncccc1[n+]1c4ccccc4[n+](c31)C2. The summed E-state index contributed by atoms with van der Waals surface area (Å²) in [5.41, 5.74) is 6.89. The van der Waals surface area contributed by atoms with Crippen molar-refractivity contribution in [3.05, 3.63) is 60.4 Å². The molecule has 1 aliphatic rings. The number of imidazole rings is 1. The van der Waals surface area contributed by atoms with E-state index in [9.17, 15) is 10.0 Å². The van der Waals surface area contributed by atoms with Crippen LogP contribution in [0.2, 0.25) is 0 Å². The van der Waals surface area contributed by atoms with E-state index in [1.54, 1.807) is 12.4 Å². The Labute approximate surface area is 147 Å². The van der Waals surface area contributed by atoms with Gasteiger partial charge in [-0.1, -0.05) is 16.5 Å². The van der Waals surface area contributed by atoms with Gasteiger partial charge < -0.3 is 14.8 Å². The van der Waals surface area contributed by atoms with Crippen molar-refractivity contribution in [3.8, 4) is 0 Å². The molecule has 0 bridgehead atoms. The molecule has 26 heavy (non-hydrogen) atoms. The fourth-order valence-corrected chi connectivity index (χ4v) is 4.18. The van der Waals surface area contributed by atoms with Crippen molar-refractivity contribution in [1.29, 1.82) is 0 Å². The van der Waals surface area contributed by atoms with Gasteiger partial charge in [-0.15, -0.1) is 4.57 Å². The van der Waals surface area contributed by atoms with Crippen molar-refractivity contribution in [2.24, 2.45) is 0 Å². The van der Waals surface area contributed by atoms with Crippen LogP contribution in [0.3, 0.4) is 0 Å². The predicted molar refractivity (Wildman–Crippen MR) is 94.0 cm³/mol. The first-order chi connectivity index (χ1) is 12.7. The number of hydrogen-bond donors (Lipinski definition) is 2. The molecule has 1 aromatic carbocycles. The van der Waals surface area contributed by atoms with E-state index in [-0.39, 0.29) is 0 Å². The quantitative estimate of drug-likeness (QED) is 0.266. The minimum atomic E-state index is -1.91. The Morgan fingerprint density at radius 2 is 1.85 bits per heavy atom. The topological polar surface area (TPSA) is 75.5 Å². The minimum Gasteiger partial charge on any atom is -0.421 e. The summed E-state index contributed by atoms with van der Waals surface area (Å²) in [6, 6.07) is 14.2. The van der Waals surface area contributed by atoms with E-state index in [2.05, 4.69) is 26.1 Å². The number of nitrogens with zero attached hydrogens (tertiary/aromatic N) is 4. The van der Waals surface area contributed by atoms with Crippen LogP contribution in [0.25, 0.3) is 38.6 Å². The van der Waals surface area contributed by atoms with Crippen molar-refractivity contribution < 1.29 is 23.8 Å². The minimum absolute atomic E-state index is 0.729. The van der Waals surface area contributed by atoms with Gasteiger partial charge in [-0.2, -0.15) is 0 Å². The lowest BCUT2D eigenvalue weighted by Gasteiger charge is -2.11. The van der Waals surface area contributed by atoms with Gasteiger partial charge in [0.15, 0.2) is 17.4 Å². The van der Waals surface area contributed by atoms with Crippen molar-refractivity contribution in [1.82, 2.24) is 9.71 Å². The molecular formula is C18H13BN4O3+2. The number of hydrogen-bond acceptors (Lipinski definition) is 4. The maximum atomic E-state index is 9.33. The van der Waals surface area contributed by atoms with Crippen LogP contribution in [0.1, 0.15) is 5.56 Å². The average Bonchev–Trinajstić information content (AvgIpc) is 3.18. The molecule has 1 aliphatic heterocycles. The molecule has 0 aliphatic carbocycles. The van der Waals surface area contributed by atoms with E-state index in [1.807, 2.05) is 30.3 Å². The Balaban J connectivity index is 1.97. The average molecular weight is 344 g/mol. The van der Waals surface area contributed by atoms with E-state index in [0.29, 0.717) is 0 Å². The van der Waals surface area contributed by atoms with Crippen LogP contribution in [0, 0.1) is 0 Å². The summed E-state index contributed by atoms with van der Waals surface area (Å²) in [7, 11) is -1.91. The molecule has 0 amide bonds. The van der Waals surface area contributed by atoms with Gasteiger partial charge in [-0.25, -0.2) is 9.71 Å². The zero-order valence-corrected chi connectivity index (χ0v) is 13.6. The summed E-state index contributed by atoms with van der Waals surface area (Å²) in [4.78, 5) is 4.58. The van der Waals surface area contributed by atoms with Crippen molar-refractivity contribution in [2.75, 3.05) is 0 Å². The monoisotopic (exact) mass is 344 g/mol. The molecule has 0 fully saturated rings. The molecule has 6 rings (SSSR count). The van der Waals surface area contributed by atoms with Gasteiger partial charge in [0.25, 0.3) is 11.0 Å². The maximum absolute atomic E-state index is 9.33. The molecule has 5 heterocycles. The van der Waals surface area contributed by atoms with Gasteiger partial charge in [0.1, 0.15) is 5.52 Å². The smallest absolute Gasteiger partial charge is 0.421 e. The molecule has 0 saturated carbocycles. The third-order valence-corrected chi connectivity index (χ3v) is 5.08. The molecular weight excluding hydrogens is 331 g/mol. The third kappa shape index (κ3) is 1.58. The number of pyridine rings is 3. The Kier molecular flexibility index (Phi) is 2.52. The van der Waals surface area contributed by atoms with Crippen LogP contribution in [0.15, 0.2) is 54.9 Å². The molecule has 0 atom stereocenters. The number of benzene rings is 1. The summed E-state index contributed by atoms with van der Waals surface area (Å²) < 4.78 is 11.1. The summed E-state index contributed by atoms with van der Waals surface area (Å²) in [5.74, 6) is 0. The number of aromatic nitrogens is 4. The van der Waals surface area contributed by atoms with Crippen LogP contribution < -0.4 is 13.7 Å². The van der Waals surface area contributed by atoms with E-state index < -0.39 is 7.32 Å². The van der Waals surface area contributed by atoms with E-state index >= 15 is 0 Å². The van der Waals surface area contributed by atoms with Gasteiger partial charge in [-0.05, 0) is 12.1 Å². The molecule has 0 saturated heterocycles. The van der Waals surface area contributed by atoms with Gasteiger partial charge in [0.05, 0.1) is 0 Å². The molecule has 124 valence electrons. The normalized spacial score (nSPS) is 12.8. The molecule has 8 heteroatoms. The Morgan fingerprint density at radius 3 is 2.69 bits per heavy atom. The van der Waals surface area contributed by atoms with Gasteiger partial charge in [-0.3, -0.25) is 0 Å². The third-order valence-electron chi connectivity index (χ3n) is 5.08.